The third-order valence-electron chi connectivity index (χ3n) is 6.17. The Kier molecular flexibility index (Phi) is 5.91. The van der Waals surface area contributed by atoms with Gasteiger partial charge in [0.25, 0.3) is 5.91 Å². The summed E-state index contributed by atoms with van der Waals surface area (Å²) >= 11 is 6.38. The smallest absolute Gasteiger partial charge is 0.338 e. The molecule has 0 saturated heterocycles. The fourth-order valence-electron chi connectivity index (χ4n) is 4.66. The van der Waals surface area contributed by atoms with Crippen LogP contribution in [0.4, 0.5) is 0 Å². The average Bonchev–Trinajstić information content (AvgIpc) is 2.86. The van der Waals surface area contributed by atoms with E-state index in [1.54, 1.807) is 36.4 Å². The standard InChI is InChI=1S/C29H22ClNO3/c30-23-15-9-14-22(18-23)26-24-16-7-8-17-25(24)34-28(33)29(26,19-20-10-3-1-4-11-20)31-27(32)21-12-5-2-6-13-21/h1-18,26H,19H2,(H,31,32)/t26-,29-/m0/s1. The Hall–Kier alpha value is -3.89. The molecule has 34 heavy (non-hydrogen) atoms. The highest BCUT2D eigenvalue weighted by Crippen LogP contribution is 2.46. The van der Waals surface area contributed by atoms with Crippen LogP contribution in [0.15, 0.2) is 109 Å². The highest BCUT2D eigenvalue weighted by atomic mass is 35.5. The van der Waals surface area contributed by atoms with Crippen LogP contribution in [0, 0.1) is 0 Å². The van der Waals surface area contributed by atoms with E-state index in [1.165, 1.54) is 0 Å². The van der Waals surface area contributed by atoms with Crippen molar-refractivity contribution < 1.29 is 14.3 Å². The van der Waals surface area contributed by atoms with E-state index in [4.69, 9.17) is 16.3 Å². The minimum atomic E-state index is -1.40. The SMILES string of the molecule is O=C(N[C@]1(Cc2ccccc2)C(=O)Oc2ccccc2[C@@H]1c1cccc(Cl)c1)c1ccccc1. The van der Waals surface area contributed by atoms with Crippen LogP contribution in [0.5, 0.6) is 5.75 Å². The lowest BCUT2D eigenvalue weighted by Gasteiger charge is -2.43. The lowest BCUT2D eigenvalue weighted by Crippen LogP contribution is -2.63. The van der Waals surface area contributed by atoms with Gasteiger partial charge in [-0.2, -0.15) is 0 Å². The van der Waals surface area contributed by atoms with Crippen LogP contribution in [-0.4, -0.2) is 17.4 Å². The molecule has 0 radical (unpaired) electrons. The number of ether oxygens (including phenoxy) is 1. The van der Waals surface area contributed by atoms with E-state index in [9.17, 15) is 9.59 Å². The van der Waals surface area contributed by atoms with Gasteiger partial charge in [0, 0.05) is 28.5 Å². The molecule has 0 aliphatic carbocycles. The predicted molar refractivity (Wildman–Crippen MR) is 132 cm³/mol. The number of para-hydroxylation sites is 1. The normalized spacial score (nSPS) is 19.1. The number of carbonyl (C=O) groups excluding carboxylic acids is 2. The van der Waals surface area contributed by atoms with Crippen LogP contribution >= 0.6 is 11.6 Å². The number of hydrogen-bond acceptors (Lipinski definition) is 3. The van der Waals surface area contributed by atoms with Gasteiger partial charge >= 0.3 is 5.97 Å². The molecule has 1 N–H and O–H groups in total. The Balaban J connectivity index is 1.72. The number of carbonyl (C=O) groups is 2. The van der Waals surface area contributed by atoms with E-state index >= 15 is 0 Å². The van der Waals surface area contributed by atoms with Crippen LogP contribution in [0.1, 0.15) is 33.0 Å². The number of fused-ring (bicyclic) bond motifs is 1. The first-order chi connectivity index (χ1) is 16.6. The fraction of sp³-hybridized carbons (Fsp3) is 0.103. The predicted octanol–water partition coefficient (Wildman–Crippen LogP) is 5.80. The molecule has 1 amide bonds. The van der Waals surface area contributed by atoms with Gasteiger partial charge in [-0.3, -0.25) is 4.79 Å². The van der Waals surface area contributed by atoms with Gasteiger partial charge in [0.05, 0.1) is 0 Å². The molecule has 0 bridgehead atoms. The number of rotatable bonds is 5. The van der Waals surface area contributed by atoms with Crippen molar-refractivity contribution in [2.45, 2.75) is 17.9 Å². The lowest BCUT2D eigenvalue weighted by atomic mass is 9.70. The molecule has 5 rings (SSSR count). The van der Waals surface area contributed by atoms with E-state index in [2.05, 4.69) is 5.32 Å². The Labute approximate surface area is 203 Å². The van der Waals surface area contributed by atoms with Crippen molar-refractivity contribution in [3.8, 4) is 5.75 Å². The summed E-state index contributed by atoms with van der Waals surface area (Å²) < 4.78 is 5.85. The maximum absolute atomic E-state index is 13.8. The Morgan fingerprint density at radius 3 is 2.26 bits per heavy atom. The number of nitrogens with one attached hydrogen (secondary N) is 1. The van der Waals surface area contributed by atoms with E-state index in [0.29, 0.717) is 16.3 Å². The second-order valence-electron chi connectivity index (χ2n) is 8.37. The molecule has 0 spiro atoms. The molecule has 0 fully saturated rings. The van der Waals surface area contributed by atoms with Crippen LogP contribution in [-0.2, 0) is 11.2 Å². The quantitative estimate of drug-likeness (QED) is 0.298. The molecule has 0 saturated carbocycles. The number of benzene rings is 4. The van der Waals surface area contributed by atoms with Gasteiger partial charge in [0.1, 0.15) is 5.75 Å². The molecule has 1 heterocycles. The van der Waals surface area contributed by atoms with Crippen LogP contribution in [0.2, 0.25) is 5.02 Å². The van der Waals surface area contributed by atoms with Crippen molar-refractivity contribution in [1.29, 1.82) is 0 Å². The number of hydrogen-bond donors (Lipinski definition) is 1. The number of esters is 1. The zero-order valence-electron chi connectivity index (χ0n) is 18.3. The van der Waals surface area contributed by atoms with Gasteiger partial charge in [0.15, 0.2) is 5.54 Å². The molecule has 1 aliphatic rings. The van der Waals surface area contributed by atoms with E-state index in [1.807, 2.05) is 72.8 Å². The van der Waals surface area contributed by atoms with E-state index < -0.39 is 17.4 Å². The zero-order chi connectivity index (χ0) is 23.5. The second kappa shape index (κ2) is 9.16. The first kappa shape index (κ1) is 21.9. The van der Waals surface area contributed by atoms with Crippen molar-refractivity contribution in [2.75, 3.05) is 0 Å². The summed E-state index contributed by atoms with van der Waals surface area (Å²) in [7, 11) is 0. The van der Waals surface area contributed by atoms with Gasteiger partial charge in [-0.15, -0.1) is 0 Å². The zero-order valence-corrected chi connectivity index (χ0v) is 19.0. The molecule has 2 atom stereocenters. The van der Waals surface area contributed by atoms with Crippen molar-refractivity contribution >= 4 is 23.5 Å². The van der Waals surface area contributed by atoms with Crippen molar-refractivity contribution in [3.05, 3.63) is 136 Å². The molecule has 4 aromatic rings. The summed E-state index contributed by atoms with van der Waals surface area (Å²) in [5.41, 5.74) is 1.60. The highest BCUT2D eigenvalue weighted by molar-refractivity contribution is 6.30. The van der Waals surface area contributed by atoms with Crippen LogP contribution in [0.3, 0.4) is 0 Å². The summed E-state index contributed by atoms with van der Waals surface area (Å²) in [6.45, 7) is 0. The van der Waals surface area contributed by atoms with Gasteiger partial charge in [-0.1, -0.05) is 90.5 Å². The number of amides is 1. The maximum Gasteiger partial charge on any atom is 0.338 e. The monoisotopic (exact) mass is 467 g/mol. The van der Waals surface area contributed by atoms with Crippen LogP contribution in [0.25, 0.3) is 0 Å². The van der Waals surface area contributed by atoms with Crippen molar-refractivity contribution in [2.24, 2.45) is 0 Å². The minimum absolute atomic E-state index is 0.247. The molecule has 4 nitrogen and oxygen atoms in total. The summed E-state index contributed by atoms with van der Waals surface area (Å²) in [6, 6.07) is 33.4. The van der Waals surface area contributed by atoms with Crippen molar-refractivity contribution in [3.63, 3.8) is 0 Å². The summed E-state index contributed by atoms with van der Waals surface area (Å²) in [4.78, 5) is 27.3. The molecule has 168 valence electrons. The first-order valence-corrected chi connectivity index (χ1v) is 11.4. The topological polar surface area (TPSA) is 55.4 Å². The summed E-state index contributed by atoms with van der Waals surface area (Å²) in [6.07, 6.45) is 0.247. The molecular formula is C29H22ClNO3. The first-order valence-electron chi connectivity index (χ1n) is 11.0. The van der Waals surface area contributed by atoms with Gasteiger partial charge in [-0.25, -0.2) is 4.79 Å². The third kappa shape index (κ3) is 4.09. The molecule has 1 aliphatic heterocycles. The third-order valence-corrected chi connectivity index (χ3v) is 6.41. The Morgan fingerprint density at radius 2 is 1.53 bits per heavy atom. The summed E-state index contributed by atoms with van der Waals surface area (Å²) in [5.74, 6) is -0.893. The van der Waals surface area contributed by atoms with Crippen LogP contribution < -0.4 is 10.1 Å². The van der Waals surface area contributed by atoms with Gasteiger partial charge < -0.3 is 10.1 Å². The molecule has 0 unspecified atom stereocenters. The summed E-state index contributed by atoms with van der Waals surface area (Å²) in [5, 5.41) is 3.65. The fourth-order valence-corrected chi connectivity index (χ4v) is 4.86. The Bertz CT molecular complexity index is 1340. The second-order valence-corrected chi connectivity index (χ2v) is 8.81. The largest absolute Gasteiger partial charge is 0.424 e. The average molecular weight is 468 g/mol. The van der Waals surface area contributed by atoms with Gasteiger partial charge in [0.2, 0.25) is 0 Å². The molecule has 5 heteroatoms. The maximum atomic E-state index is 13.8. The Morgan fingerprint density at radius 1 is 0.853 bits per heavy atom. The molecule has 0 aromatic heterocycles. The van der Waals surface area contributed by atoms with E-state index in [0.717, 1.165) is 16.7 Å². The van der Waals surface area contributed by atoms with Crippen molar-refractivity contribution in [1.82, 2.24) is 5.32 Å². The highest BCUT2D eigenvalue weighted by Gasteiger charge is 2.53. The van der Waals surface area contributed by atoms with E-state index in [-0.39, 0.29) is 12.3 Å². The van der Waals surface area contributed by atoms with Gasteiger partial charge in [-0.05, 0) is 41.5 Å². The lowest BCUT2D eigenvalue weighted by molar-refractivity contribution is -0.143. The molecule has 4 aromatic carbocycles. The molecular weight excluding hydrogens is 446 g/mol. The number of halogens is 1. The minimum Gasteiger partial charge on any atom is -0.424 e.